The van der Waals surface area contributed by atoms with Crippen LogP contribution in [0.5, 0.6) is 0 Å². The molecule has 0 aromatic heterocycles. The van der Waals surface area contributed by atoms with Crippen LogP contribution in [-0.2, 0) is 0 Å². The number of nitrogens with zero attached hydrogens (tertiary/aromatic N) is 3. The normalized spacial score (nSPS) is 27.8. The van der Waals surface area contributed by atoms with Gasteiger partial charge < -0.3 is 5.32 Å². The second kappa shape index (κ2) is 4.40. The molecule has 0 bridgehead atoms. The maximum absolute atomic E-state index is 4.61. The predicted molar refractivity (Wildman–Crippen MR) is 74.2 cm³/mol. The molecule has 1 aliphatic carbocycles. The molecule has 0 aromatic carbocycles. The third-order valence-corrected chi connectivity index (χ3v) is 3.00. The summed E-state index contributed by atoms with van der Waals surface area (Å²) in [6.07, 6.45) is 2.44. The second-order valence-corrected chi connectivity index (χ2v) is 6.03. The summed E-state index contributed by atoms with van der Waals surface area (Å²) >= 11 is 4.42. The Morgan fingerprint density at radius 1 is 1.47 bits per heavy atom. The number of thiol groups is 1. The molecule has 17 heavy (non-hydrogen) atoms. The first-order chi connectivity index (χ1) is 7.85. The van der Waals surface area contributed by atoms with E-state index in [4.69, 9.17) is 0 Å². The predicted octanol–water partition coefficient (Wildman–Crippen LogP) is 1.34. The van der Waals surface area contributed by atoms with E-state index in [2.05, 4.69) is 54.2 Å². The topological polar surface area (TPSA) is 52.0 Å². The van der Waals surface area contributed by atoms with Crippen LogP contribution in [0, 0.1) is 0 Å². The van der Waals surface area contributed by atoms with Gasteiger partial charge in [0.1, 0.15) is 6.17 Å². The van der Waals surface area contributed by atoms with Gasteiger partial charge in [-0.25, -0.2) is 9.98 Å². The number of nitrogens with one attached hydrogen (secondary N) is 2. The largest absolute Gasteiger partial charge is 0.353 e. The lowest BCUT2D eigenvalue weighted by atomic mass is 10.1. The summed E-state index contributed by atoms with van der Waals surface area (Å²) in [5, 5.41) is 6.56. The first kappa shape index (κ1) is 12.5. The molecule has 1 aliphatic heterocycles. The Labute approximate surface area is 108 Å². The van der Waals surface area contributed by atoms with Crippen LogP contribution in [0.1, 0.15) is 40.5 Å². The maximum Gasteiger partial charge on any atom is 0.213 e. The number of hydrogen-bond acceptors (Lipinski definition) is 4. The fourth-order valence-electron chi connectivity index (χ4n) is 1.51. The van der Waals surface area contributed by atoms with Gasteiger partial charge in [0, 0.05) is 6.04 Å². The molecule has 1 heterocycles. The maximum atomic E-state index is 4.61. The molecule has 2 aliphatic rings. The molecular formula is C11H21N5S. The Kier molecular flexibility index (Phi) is 3.25. The molecule has 1 saturated carbocycles. The van der Waals surface area contributed by atoms with Crippen LogP contribution in [0.25, 0.3) is 0 Å². The van der Waals surface area contributed by atoms with E-state index < -0.39 is 0 Å². The van der Waals surface area contributed by atoms with E-state index in [0.717, 1.165) is 11.9 Å². The summed E-state index contributed by atoms with van der Waals surface area (Å²) in [4.78, 5) is 9.10. The Hall–Kier alpha value is -0.910. The first-order valence-electron chi connectivity index (χ1n) is 6.04. The van der Waals surface area contributed by atoms with Crippen molar-refractivity contribution in [1.82, 2.24) is 14.9 Å². The lowest BCUT2D eigenvalue weighted by Gasteiger charge is -2.32. The summed E-state index contributed by atoms with van der Waals surface area (Å²) in [5.74, 6) is 1.57. The Morgan fingerprint density at radius 2 is 2.12 bits per heavy atom. The summed E-state index contributed by atoms with van der Waals surface area (Å²) in [6.45, 7) is 8.19. The molecule has 2 N–H and O–H groups in total. The molecule has 0 saturated heterocycles. The number of aliphatic imine (C=N–C) groups is 2. The lowest BCUT2D eigenvalue weighted by Crippen LogP contribution is -2.54. The molecule has 1 fully saturated rings. The highest BCUT2D eigenvalue weighted by atomic mass is 32.1. The summed E-state index contributed by atoms with van der Waals surface area (Å²) < 4.78 is 1.75. The number of guanidine groups is 2. The molecule has 0 spiro atoms. The Morgan fingerprint density at radius 3 is 2.65 bits per heavy atom. The van der Waals surface area contributed by atoms with E-state index in [-0.39, 0.29) is 11.7 Å². The summed E-state index contributed by atoms with van der Waals surface area (Å²) in [7, 11) is 0. The molecule has 96 valence electrons. The minimum absolute atomic E-state index is 0.0121. The number of rotatable bonds is 1. The van der Waals surface area contributed by atoms with Gasteiger partial charge in [-0.15, -0.1) is 0 Å². The summed E-state index contributed by atoms with van der Waals surface area (Å²) in [6, 6.07) is 0.579. The van der Waals surface area contributed by atoms with Gasteiger partial charge in [-0.3, -0.25) is 9.62 Å². The Balaban J connectivity index is 2.12. The average Bonchev–Trinajstić information content (AvgIpc) is 2.95. The highest BCUT2D eigenvalue weighted by molar-refractivity contribution is 7.78. The highest BCUT2D eigenvalue weighted by Gasteiger charge is 2.28. The van der Waals surface area contributed by atoms with Gasteiger partial charge in [0.2, 0.25) is 5.96 Å². The van der Waals surface area contributed by atoms with E-state index in [0.29, 0.717) is 6.04 Å². The van der Waals surface area contributed by atoms with Gasteiger partial charge in [-0.05, 0) is 40.5 Å². The molecule has 5 nitrogen and oxygen atoms in total. The molecule has 0 aromatic rings. The van der Waals surface area contributed by atoms with E-state index in [1.807, 2.05) is 6.92 Å². The second-order valence-electron chi connectivity index (χ2n) is 5.60. The van der Waals surface area contributed by atoms with Gasteiger partial charge in [-0.1, -0.05) is 12.8 Å². The fraction of sp³-hybridized carbons (Fsp3) is 0.818. The van der Waals surface area contributed by atoms with Crippen LogP contribution in [0.2, 0.25) is 0 Å². The average molecular weight is 255 g/mol. The van der Waals surface area contributed by atoms with Gasteiger partial charge in [0.05, 0.1) is 5.54 Å². The van der Waals surface area contributed by atoms with E-state index in [9.17, 15) is 0 Å². The molecule has 2 rings (SSSR count). The quantitative estimate of drug-likeness (QED) is 0.620. The summed E-state index contributed by atoms with van der Waals surface area (Å²) in [5.41, 5.74) is -0.134. The first-order valence-corrected chi connectivity index (χ1v) is 6.44. The van der Waals surface area contributed by atoms with Gasteiger partial charge in [0.15, 0.2) is 5.96 Å². The lowest BCUT2D eigenvalue weighted by molar-refractivity contribution is 0.484. The standard InChI is InChI=1S/C11H21N5S/c1-7-12-9(13-8-5-6-8)14-10(16(7)17)15-11(2,3)4/h7-8,17H,5-6H2,1-4H3,(H2,12,13,14,15). The zero-order chi connectivity index (χ0) is 12.6. The zero-order valence-corrected chi connectivity index (χ0v) is 11.8. The van der Waals surface area contributed by atoms with Crippen LogP contribution < -0.4 is 10.6 Å². The van der Waals surface area contributed by atoms with E-state index in [1.165, 1.54) is 12.8 Å². The molecule has 6 heteroatoms. The third kappa shape index (κ3) is 3.52. The third-order valence-electron chi connectivity index (χ3n) is 2.48. The van der Waals surface area contributed by atoms with Crippen molar-refractivity contribution in [3.63, 3.8) is 0 Å². The zero-order valence-electron chi connectivity index (χ0n) is 10.9. The van der Waals surface area contributed by atoms with Crippen LogP contribution in [0.3, 0.4) is 0 Å². The van der Waals surface area contributed by atoms with Crippen molar-refractivity contribution < 1.29 is 0 Å². The minimum atomic E-state index is -0.134. The fourth-order valence-corrected chi connectivity index (χ4v) is 1.65. The molecule has 1 unspecified atom stereocenters. The van der Waals surface area contributed by atoms with Crippen molar-refractivity contribution in [2.75, 3.05) is 0 Å². The smallest absolute Gasteiger partial charge is 0.213 e. The van der Waals surface area contributed by atoms with Crippen LogP contribution in [-0.4, -0.2) is 34.0 Å². The van der Waals surface area contributed by atoms with E-state index in [1.54, 1.807) is 4.31 Å². The number of hydrogen-bond donors (Lipinski definition) is 3. The molecule has 0 radical (unpaired) electrons. The van der Waals surface area contributed by atoms with E-state index >= 15 is 0 Å². The Bertz CT molecular complexity index is 353. The highest BCUT2D eigenvalue weighted by Crippen LogP contribution is 2.20. The molecule has 0 amide bonds. The van der Waals surface area contributed by atoms with Crippen molar-refractivity contribution >= 4 is 24.7 Å². The molecular weight excluding hydrogens is 234 g/mol. The van der Waals surface area contributed by atoms with Gasteiger partial charge >= 0.3 is 0 Å². The van der Waals surface area contributed by atoms with Gasteiger partial charge in [0.25, 0.3) is 0 Å². The molecule has 1 atom stereocenters. The minimum Gasteiger partial charge on any atom is -0.353 e. The van der Waals surface area contributed by atoms with Crippen molar-refractivity contribution in [3.05, 3.63) is 0 Å². The van der Waals surface area contributed by atoms with Crippen molar-refractivity contribution in [3.8, 4) is 0 Å². The van der Waals surface area contributed by atoms with Crippen molar-refractivity contribution in [2.45, 2.75) is 58.3 Å². The van der Waals surface area contributed by atoms with Gasteiger partial charge in [-0.2, -0.15) is 0 Å². The van der Waals surface area contributed by atoms with Crippen LogP contribution >= 0.6 is 12.8 Å². The van der Waals surface area contributed by atoms with Crippen LogP contribution in [0.4, 0.5) is 0 Å². The van der Waals surface area contributed by atoms with Crippen molar-refractivity contribution in [2.24, 2.45) is 9.98 Å². The monoisotopic (exact) mass is 255 g/mol. The van der Waals surface area contributed by atoms with Crippen molar-refractivity contribution in [1.29, 1.82) is 0 Å². The van der Waals surface area contributed by atoms with Crippen LogP contribution in [0.15, 0.2) is 9.98 Å². The SMILES string of the molecule is CC1N=C(NC2CC2)NC(=NC(C)(C)C)N1S.